The molecule has 0 spiro atoms. The number of ether oxygens (including phenoxy) is 1. The average molecular weight is 419 g/mol. The molecule has 1 aliphatic rings. The van der Waals surface area contributed by atoms with E-state index in [1.54, 1.807) is 0 Å². The van der Waals surface area contributed by atoms with Gasteiger partial charge in [0.2, 0.25) is 5.60 Å². The van der Waals surface area contributed by atoms with E-state index in [0.29, 0.717) is 0 Å². The molecule has 0 N–H and O–H groups in total. The summed E-state index contributed by atoms with van der Waals surface area (Å²) in [6, 6.07) is 25.9. The second-order valence-electron chi connectivity index (χ2n) is 8.73. The van der Waals surface area contributed by atoms with Crippen LogP contribution in [0.5, 0.6) is 0 Å². The summed E-state index contributed by atoms with van der Waals surface area (Å²) < 4.78 is 6.06. The number of fused-ring (bicyclic) bond motifs is 1. The molecule has 0 radical (unpaired) electrons. The Balaban J connectivity index is 1.84. The summed E-state index contributed by atoms with van der Waals surface area (Å²) in [4.78, 5) is 12.2. The normalized spacial score (nSPS) is 18.2. The average Bonchev–Trinajstić information content (AvgIpc) is 2.79. The smallest absolute Gasteiger partial charge is 0.304 e. The number of carbonyl (C=O) groups is 1. The van der Waals surface area contributed by atoms with Crippen LogP contribution in [0.1, 0.15) is 55.0 Å². The molecule has 0 saturated heterocycles. The van der Waals surface area contributed by atoms with Gasteiger partial charge in [0.1, 0.15) is 0 Å². The van der Waals surface area contributed by atoms with Gasteiger partial charge in [-0.05, 0) is 48.6 Å². The monoisotopic (exact) mass is 418 g/mol. The molecule has 1 unspecified atom stereocenters. The zero-order valence-electron chi connectivity index (χ0n) is 18.7. The summed E-state index contributed by atoms with van der Waals surface area (Å²) in [6.07, 6.45) is 1.81. The summed E-state index contributed by atoms with van der Waals surface area (Å²) in [5.41, 5.74) is 3.42. The first-order chi connectivity index (χ1) is 15.4. The summed E-state index contributed by atoms with van der Waals surface area (Å²) in [6.45, 7) is 5.71. The minimum atomic E-state index is -1.02. The third-order valence-electron chi connectivity index (χ3n) is 6.08. The molecule has 2 nitrogen and oxygen atoms in total. The largest absolute Gasteiger partial charge is 0.441 e. The Morgan fingerprint density at radius 1 is 0.812 bits per heavy atom. The topological polar surface area (TPSA) is 26.3 Å². The summed E-state index contributed by atoms with van der Waals surface area (Å²) in [7, 11) is 0. The maximum absolute atomic E-state index is 12.2. The molecule has 0 aromatic heterocycles. The van der Waals surface area contributed by atoms with Gasteiger partial charge < -0.3 is 4.74 Å². The maximum atomic E-state index is 12.2. The molecule has 1 aliphatic carbocycles. The van der Waals surface area contributed by atoms with Gasteiger partial charge in [-0.15, -0.1) is 0 Å². The van der Waals surface area contributed by atoms with E-state index in [2.05, 4.69) is 43.6 Å². The van der Waals surface area contributed by atoms with Gasteiger partial charge in [-0.3, -0.25) is 4.79 Å². The Bertz CT molecular complexity index is 1260. The first kappa shape index (κ1) is 21.5. The lowest BCUT2D eigenvalue weighted by atomic mass is 9.63. The predicted molar refractivity (Wildman–Crippen MR) is 128 cm³/mol. The Labute approximate surface area is 190 Å². The molecule has 0 fully saturated rings. The second kappa shape index (κ2) is 8.78. The molecular formula is C30H26O2. The molecule has 3 aromatic rings. The fourth-order valence-corrected chi connectivity index (χ4v) is 4.26. The number of aryl methyl sites for hydroxylation is 1. The van der Waals surface area contributed by atoms with E-state index in [0.717, 1.165) is 35.1 Å². The van der Waals surface area contributed by atoms with Crippen molar-refractivity contribution in [2.45, 2.75) is 39.2 Å². The van der Waals surface area contributed by atoms with Gasteiger partial charge in [-0.2, -0.15) is 0 Å². The van der Waals surface area contributed by atoms with Crippen LogP contribution in [-0.4, -0.2) is 5.97 Å². The van der Waals surface area contributed by atoms with Crippen LogP contribution in [0.15, 0.2) is 78.9 Å². The predicted octanol–water partition coefficient (Wildman–Crippen LogP) is 5.87. The van der Waals surface area contributed by atoms with Crippen LogP contribution in [0.2, 0.25) is 0 Å². The first-order valence-corrected chi connectivity index (χ1v) is 10.9. The Morgan fingerprint density at radius 3 is 2.16 bits per heavy atom. The highest BCUT2D eigenvalue weighted by Crippen LogP contribution is 2.50. The van der Waals surface area contributed by atoms with E-state index in [1.807, 2.05) is 72.8 Å². The van der Waals surface area contributed by atoms with E-state index in [4.69, 9.17) is 4.74 Å². The fourth-order valence-electron chi connectivity index (χ4n) is 4.26. The van der Waals surface area contributed by atoms with Crippen molar-refractivity contribution in [1.29, 1.82) is 0 Å². The number of carbonyl (C=O) groups excluding carboxylic acids is 1. The molecule has 0 aliphatic heterocycles. The highest BCUT2D eigenvalue weighted by molar-refractivity contribution is 5.68. The van der Waals surface area contributed by atoms with Crippen LogP contribution in [0, 0.1) is 29.1 Å². The number of hydrogen-bond donors (Lipinski definition) is 0. The molecule has 0 heterocycles. The van der Waals surface area contributed by atoms with Gasteiger partial charge in [-0.25, -0.2) is 0 Å². The zero-order valence-corrected chi connectivity index (χ0v) is 18.7. The van der Waals surface area contributed by atoms with Crippen LogP contribution < -0.4 is 0 Å². The Kier molecular flexibility index (Phi) is 5.89. The Morgan fingerprint density at radius 2 is 1.44 bits per heavy atom. The number of benzene rings is 3. The van der Waals surface area contributed by atoms with Gasteiger partial charge in [-0.1, -0.05) is 86.2 Å². The number of esters is 1. The van der Waals surface area contributed by atoms with E-state index >= 15 is 0 Å². The maximum Gasteiger partial charge on any atom is 0.304 e. The fraction of sp³-hybridized carbons (Fsp3) is 0.233. The lowest BCUT2D eigenvalue weighted by molar-refractivity contribution is -0.165. The Hall–Kier alpha value is -3.75. The first-order valence-electron chi connectivity index (χ1n) is 10.9. The quantitative estimate of drug-likeness (QED) is 0.365. The third-order valence-corrected chi connectivity index (χ3v) is 6.08. The van der Waals surface area contributed by atoms with Crippen LogP contribution in [0.3, 0.4) is 0 Å². The molecule has 0 amide bonds. The van der Waals surface area contributed by atoms with Crippen molar-refractivity contribution in [2.24, 2.45) is 5.41 Å². The third kappa shape index (κ3) is 4.18. The molecule has 2 heteroatoms. The van der Waals surface area contributed by atoms with Gasteiger partial charge in [0, 0.05) is 34.6 Å². The van der Waals surface area contributed by atoms with Gasteiger partial charge in [0.25, 0.3) is 0 Å². The van der Waals surface area contributed by atoms with Crippen molar-refractivity contribution in [1.82, 2.24) is 0 Å². The lowest BCUT2D eigenvalue weighted by Crippen LogP contribution is -2.48. The van der Waals surface area contributed by atoms with E-state index in [-0.39, 0.29) is 11.4 Å². The number of hydrogen-bond acceptors (Lipinski definition) is 2. The second-order valence-corrected chi connectivity index (χ2v) is 8.73. The van der Waals surface area contributed by atoms with Gasteiger partial charge in [0.05, 0.1) is 0 Å². The highest BCUT2D eigenvalue weighted by Gasteiger charge is 2.51. The van der Waals surface area contributed by atoms with Crippen molar-refractivity contribution in [3.63, 3.8) is 0 Å². The standard InChI is InChI=1S/C30H26O2/c1-23(31)32-30(28-16-10-9-15-27(28)19-21-29(30,2)3)22-20-26-14-8-7-13-25(26)18-17-24-11-5-4-6-12-24/h4-16H,19,21H2,1-3H3. The SMILES string of the molecule is CC(=O)OC1(C#Cc2ccccc2C#Cc2ccccc2)c2ccccc2CCC1(C)C. The minimum absolute atomic E-state index is 0.332. The van der Waals surface area contributed by atoms with Crippen molar-refractivity contribution in [2.75, 3.05) is 0 Å². The van der Waals surface area contributed by atoms with E-state index in [9.17, 15) is 4.79 Å². The van der Waals surface area contributed by atoms with Gasteiger partial charge in [0.15, 0.2) is 0 Å². The van der Waals surface area contributed by atoms with E-state index in [1.165, 1.54) is 12.5 Å². The van der Waals surface area contributed by atoms with Crippen molar-refractivity contribution >= 4 is 5.97 Å². The molecule has 0 saturated carbocycles. The zero-order chi connectivity index (χ0) is 22.6. The molecule has 1 atom stereocenters. The molecule has 3 aromatic carbocycles. The van der Waals surface area contributed by atoms with Crippen LogP contribution >= 0.6 is 0 Å². The van der Waals surface area contributed by atoms with Gasteiger partial charge >= 0.3 is 5.97 Å². The van der Waals surface area contributed by atoms with Crippen molar-refractivity contribution in [3.8, 4) is 23.7 Å². The van der Waals surface area contributed by atoms with E-state index < -0.39 is 5.60 Å². The number of rotatable bonds is 1. The van der Waals surface area contributed by atoms with Crippen LogP contribution in [0.25, 0.3) is 0 Å². The molecule has 158 valence electrons. The molecule has 32 heavy (non-hydrogen) atoms. The summed E-state index contributed by atoms with van der Waals surface area (Å²) in [5.74, 6) is 12.9. The molecule has 4 rings (SSSR count). The molecule has 0 bridgehead atoms. The molecular weight excluding hydrogens is 392 g/mol. The van der Waals surface area contributed by atoms with Crippen molar-refractivity contribution < 1.29 is 9.53 Å². The highest BCUT2D eigenvalue weighted by atomic mass is 16.6. The van der Waals surface area contributed by atoms with Crippen molar-refractivity contribution in [3.05, 3.63) is 107 Å². The van der Waals surface area contributed by atoms with Crippen LogP contribution in [0.4, 0.5) is 0 Å². The summed E-state index contributed by atoms with van der Waals surface area (Å²) >= 11 is 0. The lowest BCUT2D eigenvalue weighted by Gasteiger charge is -2.46. The minimum Gasteiger partial charge on any atom is -0.441 e. The van der Waals surface area contributed by atoms with Crippen LogP contribution in [-0.2, 0) is 21.6 Å². The summed E-state index contributed by atoms with van der Waals surface area (Å²) in [5, 5.41) is 0.